The first-order chi connectivity index (χ1) is 7.56. The van der Waals surface area contributed by atoms with Crippen LogP contribution in [0.5, 0.6) is 0 Å². The molecule has 0 aliphatic rings. The molecule has 10 heavy (non-hydrogen) atoms. The van der Waals surface area contributed by atoms with Gasteiger partial charge in [-0.1, -0.05) is 5.92 Å². The van der Waals surface area contributed by atoms with Crippen molar-refractivity contribution in [3.05, 3.63) is 0 Å². The van der Waals surface area contributed by atoms with Gasteiger partial charge in [-0.15, -0.1) is 41.2 Å². The van der Waals surface area contributed by atoms with Crippen molar-refractivity contribution in [2.45, 2.75) is 5.35 Å². The Kier molecular flexibility index (Phi) is 4.13. The Labute approximate surface area is 87.5 Å². The Bertz CT molecular complexity index is 301. The third-order valence-corrected chi connectivity index (χ3v) is 0.982. The first-order valence-corrected chi connectivity index (χ1v) is 2.92. The van der Waals surface area contributed by atoms with E-state index < -0.39 is 23.6 Å². The zero-order valence-electron chi connectivity index (χ0n) is 12.6. The lowest BCUT2D eigenvalue weighted by molar-refractivity contribution is 0.351. The molecule has 1 N–H and O–H groups in total. The summed E-state index contributed by atoms with van der Waals surface area (Å²) >= 11 is 15.1. The number of aliphatic hydroxyl groups is 1. The lowest BCUT2D eigenvalue weighted by atomic mass is 10.6. The highest BCUT2D eigenvalue weighted by Crippen LogP contribution is 1.99. The molecular formula is C6H9Cl3O. The van der Waals surface area contributed by atoms with E-state index in [4.69, 9.17) is 50.9 Å². The lowest BCUT2D eigenvalue weighted by Crippen LogP contribution is -1.99. The molecule has 0 rings (SSSR count). The van der Waals surface area contributed by atoms with Crippen molar-refractivity contribution in [2.24, 2.45) is 0 Å². The first-order valence-electron chi connectivity index (χ1n) is 5.79. The smallest absolute Gasteiger partial charge is 0.124 e. The molecular weight excluding hydrogens is 194 g/mol. The van der Waals surface area contributed by atoms with Crippen LogP contribution in [0.2, 0.25) is 0 Å². The van der Waals surface area contributed by atoms with Crippen LogP contribution in [0.25, 0.3) is 0 Å². The minimum absolute atomic E-state index is 1.48. The minimum Gasteiger partial charge on any atom is -0.384 e. The second-order valence-corrected chi connectivity index (χ2v) is 1.50. The molecule has 4 heteroatoms. The summed E-state index contributed by atoms with van der Waals surface area (Å²) in [5.74, 6) is -3.85. The second kappa shape index (κ2) is 12.1. The summed E-state index contributed by atoms with van der Waals surface area (Å²) < 4.78 is 52.7. The van der Waals surface area contributed by atoms with Crippen LogP contribution in [0.15, 0.2) is 0 Å². The van der Waals surface area contributed by atoms with E-state index in [2.05, 4.69) is 0 Å². The number of hydrogen-bond acceptors (Lipinski definition) is 1. The van der Waals surface area contributed by atoms with Crippen LogP contribution < -0.4 is 0 Å². The monoisotopic (exact) mass is 210 g/mol. The zero-order valence-corrected chi connectivity index (χ0v) is 6.85. The molecule has 0 atom stereocenters. The molecule has 1 nitrogen and oxygen atoms in total. The standard InChI is InChI=1S/C3H5Cl3.C3H4O/c4-1-3(6)2-5;1-2-3-4/h3H,1-2H2;1,4H,3H2/i1D2,2D2,3D;1D,3D2. The molecule has 0 bridgehead atoms. The predicted octanol–water partition coefficient (Wildman–Crippen LogP) is 1.68. The number of halogens is 3. The summed E-state index contributed by atoms with van der Waals surface area (Å²) in [7, 11) is 0. The molecule has 0 radical (unpaired) electrons. The van der Waals surface area contributed by atoms with Crippen LogP contribution >= 0.6 is 34.8 Å². The Morgan fingerprint density at radius 1 is 1.80 bits per heavy atom. The molecule has 0 aliphatic heterocycles. The summed E-state index contributed by atoms with van der Waals surface area (Å²) in [6.07, 6.45) is 1.48. The second-order valence-electron chi connectivity index (χ2n) is 0.740. The minimum atomic E-state index is -2.72. The van der Waals surface area contributed by atoms with Crippen molar-refractivity contribution < 1.29 is 16.1 Å². The van der Waals surface area contributed by atoms with Crippen LogP contribution in [0.3, 0.4) is 0 Å². The SMILES string of the molecule is [2H]C#CC([2H])([2H])O.[2H]C([2H])(Cl)C([2H])(Cl)C([2H])([2H])Cl. The van der Waals surface area contributed by atoms with E-state index >= 15 is 0 Å². The zero-order chi connectivity index (χ0) is 15.4. The summed E-state index contributed by atoms with van der Waals surface area (Å²) in [5.41, 5.74) is 0. The molecule has 0 aromatic heterocycles. The van der Waals surface area contributed by atoms with Gasteiger partial charge in [0.05, 0.1) is 8.09 Å². The van der Waals surface area contributed by atoms with Crippen molar-refractivity contribution in [1.29, 1.82) is 0 Å². The molecule has 0 fully saturated rings. The van der Waals surface area contributed by atoms with Gasteiger partial charge in [-0.2, -0.15) is 0 Å². The van der Waals surface area contributed by atoms with Crippen LogP contribution in [-0.2, 0) is 0 Å². The molecule has 0 aromatic carbocycles. The molecule has 0 saturated carbocycles. The Hall–Kier alpha value is 0.390. The summed E-state index contributed by atoms with van der Waals surface area (Å²) in [4.78, 5) is 0. The maximum absolute atomic E-state index is 8.06. The number of hydrogen-bond donors (Lipinski definition) is 1. The average Bonchev–Trinajstić information content (AvgIpc) is 1.97. The lowest BCUT2D eigenvalue weighted by Gasteiger charge is -1.92. The molecule has 0 aromatic rings. The van der Waals surface area contributed by atoms with E-state index in [9.17, 15) is 0 Å². The van der Waals surface area contributed by atoms with E-state index in [1.807, 2.05) is 0 Å². The molecule has 0 amide bonds. The molecule has 0 unspecified atom stereocenters. The van der Waals surface area contributed by atoms with Crippen LogP contribution in [0.1, 0.15) is 11.0 Å². The molecule has 0 spiro atoms. The third kappa shape index (κ3) is 15.8. The van der Waals surface area contributed by atoms with Crippen molar-refractivity contribution in [2.75, 3.05) is 18.2 Å². The highest BCUT2D eigenvalue weighted by atomic mass is 35.5. The molecule has 0 aliphatic carbocycles. The summed E-state index contributed by atoms with van der Waals surface area (Å²) in [5, 5.41) is 5.35. The van der Waals surface area contributed by atoms with Gasteiger partial charge >= 0.3 is 0 Å². The van der Waals surface area contributed by atoms with Gasteiger partial charge in [0.1, 0.15) is 7.93 Å². The van der Waals surface area contributed by atoms with Gasteiger partial charge in [-0.25, -0.2) is 0 Å². The molecule has 0 saturated heterocycles. The Morgan fingerprint density at radius 3 is 2.30 bits per heavy atom. The fourth-order valence-corrected chi connectivity index (χ4v) is 0.161. The van der Waals surface area contributed by atoms with E-state index in [0.717, 1.165) is 0 Å². The third-order valence-electron chi connectivity index (χ3n) is 0.222. The van der Waals surface area contributed by atoms with Crippen molar-refractivity contribution >= 4 is 34.8 Å². The number of alkyl halides is 3. The Balaban J connectivity index is 0. The van der Waals surface area contributed by atoms with Gasteiger partial charge in [0.25, 0.3) is 0 Å². The van der Waals surface area contributed by atoms with Gasteiger partial charge in [0.2, 0.25) is 0 Å². The largest absolute Gasteiger partial charge is 0.384 e. The normalized spacial score (nSPS) is 24.4. The van der Waals surface area contributed by atoms with Crippen molar-refractivity contribution in [3.63, 3.8) is 0 Å². The van der Waals surface area contributed by atoms with Crippen molar-refractivity contribution in [1.82, 2.24) is 0 Å². The fraction of sp³-hybridized carbons (Fsp3) is 0.667. The van der Waals surface area contributed by atoms with Gasteiger partial charge < -0.3 is 5.11 Å². The van der Waals surface area contributed by atoms with Gasteiger partial charge in [0, 0.05) is 18.5 Å². The van der Waals surface area contributed by atoms with Gasteiger partial charge in [-0.05, 0) is 0 Å². The van der Waals surface area contributed by atoms with Crippen LogP contribution in [0.4, 0.5) is 0 Å². The predicted molar refractivity (Wildman–Crippen MR) is 47.0 cm³/mol. The topological polar surface area (TPSA) is 20.2 Å². The van der Waals surface area contributed by atoms with Gasteiger partial charge in [0.15, 0.2) is 0 Å². The Morgan fingerprint density at radius 2 is 2.30 bits per heavy atom. The average molecular weight is 212 g/mol. The van der Waals surface area contributed by atoms with Crippen LogP contribution in [0, 0.1) is 12.3 Å². The highest BCUT2D eigenvalue weighted by Gasteiger charge is 1.95. The summed E-state index contributed by atoms with van der Waals surface area (Å²) in [6, 6.07) is 0. The molecule has 0 heterocycles. The van der Waals surface area contributed by atoms with E-state index in [1.165, 1.54) is 6.40 Å². The van der Waals surface area contributed by atoms with Crippen molar-refractivity contribution in [3.8, 4) is 12.3 Å². The molecule has 60 valence electrons. The maximum Gasteiger partial charge on any atom is 0.124 e. The number of terminal acetylenes is 1. The number of rotatable bonds is 2. The first kappa shape index (κ1) is 3.41. The van der Waals surface area contributed by atoms with E-state index in [-0.39, 0.29) is 0 Å². The van der Waals surface area contributed by atoms with E-state index in [1.54, 1.807) is 5.92 Å². The fourth-order valence-electron chi connectivity index (χ4n) is 0.0179. The quantitative estimate of drug-likeness (QED) is 0.544. The van der Waals surface area contributed by atoms with Crippen LogP contribution in [-0.4, -0.2) is 28.7 Å². The van der Waals surface area contributed by atoms with E-state index in [0.29, 0.717) is 0 Å². The maximum atomic E-state index is 8.06. The van der Waals surface area contributed by atoms with Gasteiger partial charge in [-0.3, -0.25) is 0 Å². The highest BCUT2D eigenvalue weighted by molar-refractivity contribution is 6.32. The summed E-state index contributed by atoms with van der Waals surface area (Å²) in [6.45, 7) is -2.50.